The zero-order valence-electron chi connectivity index (χ0n) is 19.6. The van der Waals surface area contributed by atoms with Gasteiger partial charge < -0.3 is 20.4 Å². The van der Waals surface area contributed by atoms with E-state index in [1.54, 1.807) is 0 Å². The Kier molecular flexibility index (Phi) is 7.86. The van der Waals surface area contributed by atoms with Crippen molar-refractivity contribution in [3.63, 3.8) is 0 Å². The SMILES string of the molecule is CCNC(=NCc1ccc(N2CCC(C)CC2)cc1)NC1CCN(c2ccccn2)CC1. The predicted octanol–water partition coefficient (Wildman–Crippen LogP) is 4.04. The molecule has 2 aliphatic rings. The Hall–Kier alpha value is -2.76. The van der Waals surface area contributed by atoms with Crippen LogP contribution < -0.4 is 20.4 Å². The van der Waals surface area contributed by atoms with E-state index in [0.29, 0.717) is 12.6 Å². The number of aromatic nitrogens is 1. The van der Waals surface area contributed by atoms with E-state index < -0.39 is 0 Å². The van der Waals surface area contributed by atoms with E-state index in [2.05, 4.69) is 75.7 Å². The molecule has 2 aliphatic heterocycles. The summed E-state index contributed by atoms with van der Waals surface area (Å²) in [5, 5.41) is 7.06. The third-order valence-corrected chi connectivity index (χ3v) is 6.66. The molecule has 6 nitrogen and oxygen atoms in total. The summed E-state index contributed by atoms with van der Waals surface area (Å²) < 4.78 is 0. The van der Waals surface area contributed by atoms with Crippen molar-refractivity contribution < 1.29 is 0 Å². The summed E-state index contributed by atoms with van der Waals surface area (Å²) in [6.45, 7) is 10.4. The fraction of sp³-hybridized carbons (Fsp3) is 0.538. The highest BCUT2D eigenvalue weighted by Gasteiger charge is 2.21. The molecule has 4 rings (SSSR count). The smallest absolute Gasteiger partial charge is 0.191 e. The molecule has 0 radical (unpaired) electrons. The minimum Gasteiger partial charge on any atom is -0.372 e. The summed E-state index contributed by atoms with van der Waals surface area (Å²) in [4.78, 5) is 14.2. The van der Waals surface area contributed by atoms with E-state index >= 15 is 0 Å². The Balaban J connectivity index is 1.28. The molecule has 0 bridgehead atoms. The fourth-order valence-corrected chi connectivity index (χ4v) is 4.56. The number of pyridine rings is 1. The molecule has 0 spiro atoms. The number of guanidine groups is 1. The number of piperidine rings is 2. The number of benzene rings is 1. The molecule has 0 aliphatic carbocycles. The second-order valence-electron chi connectivity index (χ2n) is 9.12. The van der Waals surface area contributed by atoms with Crippen LogP contribution in [0.1, 0.15) is 45.1 Å². The van der Waals surface area contributed by atoms with E-state index in [0.717, 1.165) is 50.2 Å². The second kappa shape index (κ2) is 11.2. The Morgan fingerprint density at radius 2 is 1.69 bits per heavy atom. The molecular formula is C26H38N6. The van der Waals surface area contributed by atoms with Crippen molar-refractivity contribution >= 4 is 17.5 Å². The summed E-state index contributed by atoms with van der Waals surface area (Å²) in [5.41, 5.74) is 2.59. The van der Waals surface area contributed by atoms with Gasteiger partial charge in [0.25, 0.3) is 0 Å². The first-order valence-electron chi connectivity index (χ1n) is 12.3. The normalized spacial score (nSPS) is 18.6. The first-order valence-corrected chi connectivity index (χ1v) is 12.3. The van der Waals surface area contributed by atoms with E-state index in [4.69, 9.17) is 4.99 Å². The maximum absolute atomic E-state index is 4.86. The quantitative estimate of drug-likeness (QED) is 0.531. The number of aliphatic imine (C=N–C) groups is 1. The largest absolute Gasteiger partial charge is 0.372 e. The van der Waals surface area contributed by atoms with Crippen LogP contribution in [0.15, 0.2) is 53.7 Å². The van der Waals surface area contributed by atoms with Gasteiger partial charge in [0.1, 0.15) is 5.82 Å². The van der Waals surface area contributed by atoms with Gasteiger partial charge in [-0.15, -0.1) is 0 Å². The van der Waals surface area contributed by atoms with Gasteiger partial charge in [-0.05, 0) is 68.4 Å². The molecular weight excluding hydrogens is 396 g/mol. The van der Waals surface area contributed by atoms with Gasteiger partial charge in [0.05, 0.1) is 6.54 Å². The van der Waals surface area contributed by atoms with Crippen LogP contribution in [-0.4, -0.2) is 49.7 Å². The molecule has 1 aromatic heterocycles. The molecule has 3 heterocycles. The number of hydrogen-bond acceptors (Lipinski definition) is 4. The lowest BCUT2D eigenvalue weighted by atomic mass is 9.99. The van der Waals surface area contributed by atoms with Crippen LogP contribution in [0.5, 0.6) is 0 Å². The van der Waals surface area contributed by atoms with Crippen molar-refractivity contribution in [1.82, 2.24) is 15.6 Å². The lowest BCUT2D eigenvalue weighted by molar-refractivity contribution is 0.438. The summed E-state index contributed by atoms with van der Waals surface area (Å²) in [6, 6.07) is 15.5. The van der Waals surface area contributed by atoms with Crippen molar-refractivity contribution in [3.8, 4) is 0 Å². The first-order chi connectivity index (χ1) is 15.7. The Bertz CT molecular complexity index is 834. The average molecular weight is 435 g/mol. The van der Waals surface area contributed by atoms with Crippen LogP contribution in [0.25, 0.3) is 0 Å². The maximum atomic E-state index is 4.86. The van der Waals surface area contributed by atoms with Gasteiger partial charge in [-0.2, -0.15) is 0 Å². The Morgan fingerprint density at radius 3 is 2.34 bits per heavy atom. The average Bonchev–Trinajstić information content (AvgIpc) is 2.85. The minimum atomic E-state index is 0.441. The number of hydrogen-bond donors (Lipinski definition) is 2. The van der Waals surface area contributed by atoms with Crippen molar-refractivity contribution in [1.29, 1.82) is 0 Å². The highest BCUT2D eigenvalue weighted by molar-refractivity contribution is 5.80. The Labute approximate surface area is 193 Å². The lowest BCUT2D eigenvalue weighted by Gasteiger charge is -2.33. The van der Waals surface area contributed by atoms with Crippen LogP contribution in [0, 0.1) is 5.92 Å². The summed E-state index contributed by atoms with van der Waals surface area (Å²) >= 11 is 0. The van der Waals surface area contributed by atoms with Crippen molar-refractivity contribution in [2.45, 2.75) is 52.1 Å². The topological polar surface area (TPSA) is 55.8 Å². The van der Waals surface area contributed by atoms with Crippen LogP contribution in [0.4, 0.5) is 11.5 Å². The third-order valence-electron chi connectivity index (χ3n) is 6.66. The minimum absolute atomic E-state index is 0.441. The van der Waals surface area contributed by atoms with Crippen molar-refractivity contribution in [2.24, 2.45) is 10.9 Å². The standard InChI is InChI=1S/C26H38N6/c1-3-27-26(30-23-13-18-32(19-14-23)25-6-4-5-15-28-25)29-20-22-7-9-24(10-8-22)31-16-11-21(2)12-17-31/h4-10,15,21,23H,3,11-14,16-20H2,1-2H3,(H2,27,29,30). The number of nitrogens with one attached hydrogen (secondary N) is 2. The van der Waals surface area contributed by atoms with Gasteiger partial charge in [-0.3, -0.25) is 0 Å². The molecule has 2 fully saturated rings. The van der Waals surface area contributed by atoms with Gasteiger partial charge in [0.2, 0.25) is 0 Å². The van der Waals surface area contributed by atoms with Crippen LogP contribution in [0.3, 0.4) is 0 Å². The van der Waals surface area contributed by atoms with Crippen molar-refractivity contribution in [2.75, 3.05) is 42.5 Å². The molecule has 2 aromatic rings. The molecule has 2 N–H and O–H groups in total. The lowest BCUT2D eigenvalue weighted by Crippen LogP contribution is -2.48. The molecule has 172 valence electrons. The summed E-state index contributed by atoms with van der Waals surface area (Å²) in [5.74, 6) is 2.85. The van der Waals surface area contributed by atoms with Gasteiger partial charge >= 0.3 is 0 Å². The van der Waals surface area contributed by atoms with Crippen LogP contribution >= 0.6 is 0 Å². The predicted molar refractivity (Wildman–Crippen MR) is 134 cm³/mol. The number of rotatable bonds is 6. The van der Waals surface area contributed by atoms with Crippen molar-refractivity contribution in [3.05, 3.63) is 54.2 Å². The summed E-state index contributed by atoms with van der Waals surface area (Å²) in [6.07, 6.45) is 6.64. The molecule has 0 atom stereocenters. The number of nitrogens with zero attached hydrogens (tertiary/aromatic N) is 4. The van der Waals surface area contributed by atoms with Gasteiger partial charge in [0.15, 0.2) is 5.96 Å². The van der Waals surface area contributed by atoms with E-state index in [-0.39, 0.29) is 0 Å². The molecule has 0 unspecified atom stereocenters. The number of anilines is 2. The van der Waals surface area contributed by atoms with Gasteiger partial charge in [0, 0.05) is 50.6 Å². The molecule has 6 heteroatoms. The molecule has 0 amide bonds. The van der Waals surface area contributed by atoms with Crippen LogP contribution in [0.2, 0.25) is 0 Å². The molecule has 0 saturated carbocycles. The fourth-order valence-electron chi connectivity index (χ4n) is 4.56. The molecule has 1 aromatic carbocycles. The zero-order chi connectivity index (χ0) is 22.2. The van der Waals surface area contributed by atoms with E-state index in [9.17, 15) is 0 Å². The van der Waals surface area contributed by atoms with Gasteiger partial charge in [-0.25, -0.2) is 9.98 Å². The summed E-state index contributed by atoms with van der Waals surface area (Å²) in [7, 11) is 0. The van der Waals surface area contributed by atoms with Gasteiger partial charge in [-0.1, -0.05) is 25.1 Å². The Morgan fingerprint density at radius 1 is 0.969 bits per heavy atom. The molecule has 32 heavy (non-hydrogen) atoms. The third kappa shape index (κ3) is 6.15. The highest BCUT2D eigenvalue weighted by Crippen LogP contribution is 2.23. The molecule has 2 saturated heterocycles. The monoisotopic (exact) mass is 434 g/mol. The zero-order valence-corrected chi connectivity index (χ0v) is 19.6. The first kappa shape index (κ1) is 22.4. The van der Waals surface area contributed by atoms with E-state index in [1.807, 2.05) is 12.3 Å². The van der Waals surface area contributed by atoms with E-state index in [1.165, 1.54) is 37.2 Å². The second-order valence-corrected chi connectivity index (χ2v) is 9.12. The maximum Gasteiger partial charge on any atom is 0.191 e. The van der Waals surface area contributed by atoms with Crippen LogP contribution in [-0.2, 0) is 6.54 Å². The highest BCUT2D eigenvalue weighted by atomic mass is 15.2.